The quantitative estimate of drug-likeness (QED) is 0.804. The zero-order valence-corrected chi connectivity index (χ0v) is 11.7. The maximum atomic E-state index is 11.4. The Morgan fingerprint density at radius 1 is 1.43 bits per heavy atom. The molecular formula is C14H12N2O4S. The second-order valence-corrected chi connectivity index (χ2v) is 5.53. The summed E-state index contributed by atoms with van der Waals surface area (Å²) >= 11 is 1.50. The molecule has 1 aliphatic heterocycles. The van der Waals surface area contributed by atoms with Crippen molar-refractivity contribution in [3.63, 3.8) is 0 Å². The number of carbonyl (C=O) groups excluding carboxylic acids is 1. The second kappa shape index (κ2) is 5.53. The molecule has 7 heteroatoms. The van der Waals surface area contributed by atoms with E-state index in [0.717, 1.165) is 16.3 Å². The molecule has 1 aromatic carbocycles. The van der Waals surface area contributed by atoms with Gasteiger partial charge in [-0.1, -0.05) is 0 Å². The Balaban J connectivity index is 1.69. The standard InChI is InChI=1S/C14H12N2O4S/c17-13-7-21-12-2-1-9(4-11(12)16-13)15-5-10-3-8(6-20-10)14(18)19/h1-4,6,15H,5,7H2,(H,16,17)(H,18,19). The first-order valence-electron chi connectivity index (χ1n) is 6.23. The van der Waals surface area contributed by atoms with E-state index in [9.17, 15) is 9.59 Å². The van der Waals surface area contributed by atoms with Gasteiger partial charge in [-0.3, -0.25) is 4.79 Å². The number of hydrogen-bond acceptors (Lipinski definition) is 5. The Labute approximate surface area is 124 Å². The molecule has 108 valence electrons. The van der Waals surface area contributed by atoms with E-state index in [2.05, 4.69) is 10.6 Å². The monoisotopic (exact) mass is 304 g/mol. The normalized spacial score (nSPS) is 13.4. The fraction of sp³-hybridized carbons (Fsp3) is 0.143. The van der Waals surface area contributed by atoms with Crippen LogP contribution in [-0.4, -0.2) is 22.7 Å². The molecule has 2 aromatic rings. The largest absolute Gasteiger partial charge is 0.478 e. The summed E-state index contributed by atoms with van der Waals surface area (Å²) in [4.78, 5) is 23.2. The van der Waals surface area contributed by atoms with E-state index >= 15 is 0 Å². The summed E-state index contributed by atoms with van der Waals surface area (Å²) in [6, 6.07) is 7.17. The predicted molar refractivity (Wildman–Crippen MR) is 78.8 cm³/mol. The molecule has 3 N–H and O–H groups in total. The molecule has 0 spiro atoms. The second-order valence-electron chi connectivity index (χ2n) is 4.51. The van der Waals surface area contributed by atoms with Crippen LogP contribution >= 0.6 is 11.8 Å². The van der Waals surface area contributed by atoms with E-state index < -0.39 is 5.97 Å². The molecule has 1 aliphatic rings. The molecule has 0 aliphatic carbocycles. The highest BCUT2D eigenvalue weighted by atomic mass is 32.2. The molecule has 0 saturated heterocycles. The van der Waals surface area contributed by atoms with Gasteiger partial charge in [-0.05, 0) is 24.3 Å². The van der Waals surface area contributed by atoms with Crippen LogP contribution in [0.4, 0.5) is 11.4 Å². The number of carboxylic acids is 1. The number of hydrogen-bond donors (Lipinski definition) is 3. The number of carbonyl (C=O) groups is 2. The maximum absolute atomic E-state index is 11.4. The van der Waals surface area contributed by atoms with Gasteiger partial charge < -0.3 is 20.2 Å². The average Bonchev–Trinajstić information content (AvgIpc) is 2.93. The average molecular weight is 304 g/mol. The third-order valence-corrected chi connectivity index (χ3v) is 4.05. The van der Waals surface area contributed by atoms with Crippen LogP contribution in [0.3, 0.4) is 0 Å². The van der Waals surface area contributed by atoms with Crippen LogP contribution in [0, 0.1) is 0 Å². The van der Waals surface area contributed by atoms with Gasteiger partial charge in [0.05, 0.1) is 23.5 Å². The minimum Gasteiger partial charge on any atom is -0.478 e. The van der Waals surface area contributed by atoms with Crippen molar-refractivity contribution >= 4 is 35.0 Å². The van der Waals surface area contributed by atoms with Crippen molar-refractivity contribution in [1.29, 1.82) is 0 Å². The summed E-state index contributed by atoms with van der Waals surface area (Å²) in [5, 5.41) is 14.8. The molecule has 0 fully saturated rings. The van der Waals surface area contributed by atoms with Crippen LogP contribution in [0.5, 0.6) is 0 Å². The van der Waals surface area contributed by atoms with Gasteiger partial charge in [0.1, 0.15) is 12.0 Å². The van der Waals surface area contributed by atoms with Gasteiger partial charge in [-0.15, -0.1) is 11.8 Å². The topological polar surface area (TPSA) is 91.6 Å². The van der Waals surface area contributed by atoms with Crippen molar-refractivity contribution in [2.24, 2.45) is 0 Å². The summed E-state index contributed by atoms with van der Waals surface area (Å²) in [5.74, 6) is -0.0618. The van der Waals surface area contributed by atoms with Crippen LogP contribution in [0.1, 0.15) is 16.1 Å². The summed E-state index contributed by atoms with van der Waals surface area (Å²) < 4.78 is 5.16. The number of anilines is 2. The van der Waals surface area contributed by atoms with Crippen molar-refractivity contribution in [2.45, 2.75) is 11.4 Å². The highest BCUT2D eigenvalue weighted by Gasteiger charge is 2.15. The fourth-order valence-corrected chi connectivity index (χ4v) is 2.76. The fourth-order valence-electron chi connectivity index (χ4n) is 1.97. The number of carboxylic acid groups (broad SMARTS) is 1. The van der Waals surface area contributed by atoms with Crippen molar-refractivity contribution in [3.05, 3.63) is 41.9 Å². The van der Waals surface area contributed by atoms with Gasteiger partial charge in [-0.25, -0.2) is 4.79 Å². The summed E-state index contributed by atoms with van der Waals surface area (Å²) in [6.07, 6.45) is 1.21. The van der Waals surface area contributed by atoms with Crippen molar-refractivity contribution < 1.29 is 19.1 Å². The van der Waals surface area contributed by atoms with Crippen LogP contribution in [0.2, 0.25) is 0 Å². The lowest BCUT2D eigenvalue weighted by Crippen LogP contribution is -2.18. The number of benzene rings is 1. The number of aromatic carboxylic acids is 1. The first kappa shape index (κ1) is 13.6. The Kier molecular flexibility index (Phi) is 3.57. The number of fused-ring (bicyclic) bond motifs is 1. The molecule has 3 rings (SSSR count). The first-order chi connectivity index (χ1) is 10.1. The summed E-state index contributed by atoms with van der Waals surface area (Å²) in [7, 11) is 0. The number of amides is 1. The Morgan fingerprint density at radius 2 is 2.29 bits per heavy atom. The van der Waals surface area contributed by atoms with Gasteiger partial charge in [0.2, 0.25) is 5.91 Å². The molecule has 0 radical (unpaired) electrons. The highest BCUT2D eigenvalue weighted by molar-refractivity contribution is 8.00. The molecule has 0 unspecified atom stereocenters. The van der Waals surface area contributed by atoms with E-state index in [1.54, 1.807) is 0 Å². The molecule has 6 nitrogen and oxygen atoms in total. The summed E-state index contributed by atoms with van der Waals surface area (Å²) in [5.41, 5.74) is 1.73. The van der Waals surface area contributed by atoms with E-state index in [1.807, 2.05) is 18.2 Å². The van der Waals surface area contributed by atoms with Crippen molar-refractivity contribution in [2.75, 3.05) is 16.4 Å². The maximum Gasteiger partial charge on any atom is 0.338 e. The molecule has 1 amide bonds. The highest BCUT2D eigenvalue weighted by Crippen LogP contribution is 2.33. The SMILES string of the molecule is O=C1CSc2ccc(NCc3cc(C(=O)O)co3)cc2N1. The molecule has 1 aromatic heterocycles. The number of rotatable bonds is 4. The lowest BCUT2D eigenvalue weighted by atomic mass is 10.2. The zero-order chi connectivity index (χ0) is 14.8. The van der Waals surface area contributed by atoms with Crippen LogP contribution < -0.4 is 10.6 Å². The number of furan rings is 1. The number of thioether (sulfide) groups is 1. The van der Waals surface area contributed by atoms with E-state index in [4.69, 9.17) is 9.52 Å². The van der Waals surface area contributed by atoms with E-state index in [1.165, 1.54) is 24.1 Å². The molecule has 0 bridgehead atoms. The Hall–Kier alpha value is -2.41. The van der Waals surface area contributed by atoms with Gasteiger partial charge in [0.25, 0.3) is 0 Å². The summed E-state index contributed by atoms with van der Waals surface area (Å²) in [6.45, 7) is 0.368. The lowest BCUT2D eigenvalue weighted by molar-refractivity contribution is -0.113. The molecule has 21 heavy (non-hydrogen) atoms. The van der Waals surface area contributed by atoms with Gasteiger partial charge in [0.15, 0.2) is 0 Å². The van der Waals surface area contributed by atoms with E-state index in [0.29, 0.717) is 18.1 Å². The Morgan fingerprint density at radius 3 is 3.05 bits per heavy atom. The van der Waals surface area contributed by atoms with Gasteiger partial charge in [-0.2, -0.15) is 0 Å². The first-order valence-corrected chi connectivity index (χ1v) is 7.21. The molecule has 0 saturated carbocycles. The number of nitrogens with one attached hydrogen (secondary N) is 2. The Bertz CT molecular complexity index is 711. The third kappa shape index (κ3) is 3.03. The molecular weight excluding hydrogens is 292 g/mol. The smallest absolute Gasteiger partial charge is 0.338 e. The predicted octanol–water partition coefficient (Wildman–Crippen LogP) is 2.63. The van der Waals surface area contributed by atoms with E-state index in [-0.39, 0.29) is 11.5 Å². The van der Waals surface area contributed by atoms with Crippen molar-refractivity contribution in [1.82, 2.24) is 0 Å². The lowest BCUT2D eigenvalue weighted by Gasteiger charge is -2.17. The third-order valence-electron chi connectivity index (χ3n) is 2.98. The van der Waals surface area contributed by atoms with Crippen molar-refractivity contribution in [3.8, 4) is 0 Å². The van der Waals surface area contributed by atoms with Gasteiger partial charge in [0, 0.05) is 10.6 Å². The van der Waals surface area contributed by atoms with Crippen LogP contribution in [-0.2, 0) is 11.3 Å². The molecule has 2 heterocycles. The zero-order valence-electron chi connectivity index (χ0n) is 10.9. The van der Waals surface area contributed by atoms with Crippen LogP contribution in [0.15, 0.2) is 39.8 Å². The minimum absolute atomic E-state index is 0.0122. The minimum atomic E-state index is -1.02. The van der Waals surface area contributed by atoms with Gasteiger partial charge >= 0.3 is 5.97 Å². The molecule has 0 atom stereocenters. The van der Waals surface area contributed by atoms with Crippen LogP contribution in [0.25, 0.3) is 0 Å².